The Morgan fingerprint density at radius 3 is 2.15 bits per heavy atom. The first-order valence-corrected chi connectivity index (χ1v) is 15.0. The van der Waals surface area contributed by atoms with Crippen LogP contribution in [0, 0.1) is 12.7 Å². The van der Waals surface area contributed by atoms with Crippen LogP contribution in [0.5, 0.6) is 0 Å². The van der Waals surface area contributed by atoms with Crippen molar-refractivity contribution < 1.29 is 22.4 Å². The van der Waals surface area contributed by atoms with Gasteiger partial charge in [-0.25, -0.2) is 12.8 Å². The number of hydrogen-bond acceptors (Lipinski definition) is 4. The molecule has 0 saturated carbocycles. The van der Waals surface area contributed by atoms with E-state index in [4.69, 9.17) is 11.6 Å². The fourth-order valence-electron chi connectivity index (χ4n) is 4.14. The summed E-state index contributed by atoms with van der Waals surface area (Å²) in [7, 11) is -4.28. The Morgan fingerprint density at radius 1 is 0.950 bits per heavy atom. The molecule has 0 heterocycles. The third-order valence-corrected chi connectivity index (χ3v) is 8.84. The number of nitrogens with zero attached hydrogens (tertiary/aromatic N) is 2. The molecule has 0 aliphatic carbocycles. The van der Waals surface area contributed by atoms with Gasteiger partial charge in [-0.1, -0.05) is 61.3 Å². The van der Waals surface area contributed by atoms with E-state index in [2.05, 4.69) is 5.32 Å². The average Bonchev–Trinajstić information content (AvgIpc) is 2.93. The molecule has 0 saturated heterocycles. The minimum absolute atomic E-state index is 0.00325. The summed E-state index contributed by atoms with van der Waals surface area (Å²) in [6, 6.07) is 17.1. The number of halogens is 2. The lowest BCUT2D eigenvalue weighted by Crippen LogP contribution is -2.53. The number of amides is 2. The van der Waals surface area contributed by atoms with E-state index in [0.717, 1.165) is 34.1 Å². The van der Waals surface area contributed by atoms with Gasteiger partial charge < -0.3 is 10.2 Å². The van der Waals surface area contributed by atoms with E-state index < -0.39 is 34.3 Å². The summed E-state index contributed by atoms with van der Waals surface area (Å²) in [5.74, 6) is -1.50. The number of hydrogen-bond donors (Lipinski definition) is 1. The molecule has 0 bridgehead atoms. The maximum atomic E-state index is 14.0. The zero-order valence-corrected chi connectivity index (χ0v) is 24.7. The molecule has 2 unspecified atom stereocenters. The van der Waals surface area contributed by atoms with Crippen molar-refractivity contribution in [2.75, 3.05) is 10.8 Å². The first-order chi connectivity index (χ1) is 19.0. The topological polar surface area (TPSA) is 86.8 Å². The summed E-state index contributed by atoms with van der Waals surface area (Å²) in [5.41, 5.74) is 1.79. The van der Waals surface area contributed by atoms with Crippen molar-refractivity contribution in [2.24, 2.45) is 0 Å². The lowest BCUT2D eigenvalue weighted by atomic mass is 10.1. The Morgan fingerprint density at radius 2 is 1.57 bits per heavy atom. The summed E-state index contributed by atoms with van der Waals surface area (Å²) in [4.78, 5) is 28.6. The summed E-state index contributed by atoms with van der Waals surface area (Å²) < 4.78 is 42.2. The van der Waals surface area contributed by atoms with Crippen LogP contribution < -0.4 is 9.62 Å². The highest BCUT2D eigenvalue weighted by Crippen LogP contribution is 2.26. The Bertz CT molecular complexity index is 1420. The fourth-order valence-corrected chi connectivity index (χ4v) is 5.75. The number of sulfonamides is 1. The molecular weight excluding hydrogens is 553 g/mol. The molecule has 3 rings (SSSR count). The smallest absolute Gasteiger partial charge is 0.264 e. The van der Waals surface area contributed by atoms with Crippen molar-refractivity contribution in [1.82, 2.24) is 10.2 Å². The minimum atomic E-state index is -4.28. The first kappa shape index (κ1) is 31.1. The van der Waals surface area contributed by atoms with Gasteiger partial charge in [0.25, 0.3) is 10.0 Å². The average molecular weight is 588 g/mol. The van der Waals surface area contributed by atoms with Crippen LogP contribution in [0.25, 0.3) is 0 Å². The molecule has 3 aromatic carbocycles. The molecule has 0 fully saturated rings. The van der Waals surface area contributed by atoms with E-state index >= 15 is 0 Å². The predicted molar refractivity (Wildman–Crippen MR) is 156 cm³/mol. The molecule has 40 heavy (non-hydrogen) atoms. The lowest BCUT2D eigenvalue weighted by Gasteiger charge is -2.34. The highest BCUT2D eigenvalue weighted by molar-refractivity contribution is 7.92. The fraction of sp³-hybridized carbons (Fsp3) is 0.333. The van der Waals surface area contributed by atoms with E-state index in [9.17, 15) is 22.4 Å². The second kappa shape index (κ2) is 13.8. The van der Waals surface area contributed by atoms with Gasteiger partial charge in [0.05, 0.1) is 10.6 Å². The largest absolute Gasteiger partial charge is 0.352 e. The van der Waals surface area contributed by atoms with Crippen LogP contribution in [-0.4, -0.2) is 43.8 Å². The van der Waals surface area contributed by atoms with Gasteiger partial charge in [0.2, 0.25) is 11.8 Å². The number of nitrogens with one attached hydrogen (secondary N) is 1. The van der Waals surface area contributed by atoms with E-state index in [1.807, 2.05) is 20.8 Å². The second-order valence-electron chi connectivity index (χ2n) is 9.66. The molecular formula is C30H35ClFN3O4S. The zero-order chi connectivity index (χ0) is 29.4. The normalized spacial score (nSPS) is 12.8. The summed E-state index contributed by atoms with van der Waals surface area (Å²) >= 11 is 6.41. The third kappa shape index (κ3) is 7.61. The molecule has 214 valence electrons. The molecule has 7 nitrogen and oxygen atoms in total. The molecule has 2 atom stereocenters. The summed E-state index contributed by atoms with van der Waals surface area (Å²) in [6.07, 6.45) is 1.01. The molecule has 0 aliphatic rings. The van der Waals surface area contributed by atoms with Gasteiger partial charge in [-0.15, -0.1) is 0 Å². The van der Waals surface area contributed by atoms with Crippen molar-refractivity contribution in [3.8, 4) is 0 Å². The van der Waals surface area contributed by atoms with Crippen LogP contribution in [0.4, 0.5) is 10.1 Å². The standard InChI is InChI=1S/C30H35ClFN3O4S/c1-5-22(4)33-30(37)28(6-2)34(19-23-9-7-8-10-27(23)31)29(36)20-35(25-15-11-21(3)12-16-25)40(38,39)26-17-13-24(32)14-18-26/h7-18,22,28H,5-6,19-20H2,1-4H3,(H,33,37). The Balaban J connectivity index is 2.06. The van der Waals surface area contributed by atoms with Crippen molar-refractivity contribution in [1.29, 1.82) is 0 Å². The third-order valence-electron chi connectivity index (χ3n) is 6.69. The van der Waals surface area contributed by atoms with Crippen LogP contribution in [0.2, 0.25) is 5.02 Å². The van der Waals surface area contributed by atoms with Gasteiger partial charge in [0.1, 0.15) is 18.4 Å². The van der Waals surface area contributed by atoms with Crippen molar-refractivity contribution in [3.63, 3.8) is 0 Å². The van der Waals surface area contributed by atoms with Gasteiger partial charge in [0.15, 0.2) is 0 Å². The molecule has 0 spiro atoms. The van der Waals surface area contributed by atoms with Crippen LogP contribution >= 0.6 is 11.6 Å². The van der Waals surface area contributed by atoms with Gasteiger partial charge >= 0.3 is 0 Å². The molecule has 0 aliphatic heterocycles. The van der Waals surface area contributed by atoms with Gasteiger partial charge in [-0.3, -0.25) is 13.9 Å². The number of benzene rings is 3. The number of anilines is 1. The zero-order valence-electron chi connectivity index (χ0n) is 23.1. The van der Waals surface area contributed by atoms with Crippen molar-refractivity contribution in [3.05, 3.63) is 94.8 Å². The van der Waals surface area contributed by atoms with E-state index in [-0.39, 0.29) is 29.1 Å². The van der Waals surface area contributed by atoms with Crippen molar-refractivity contribution >= 4 is 39.1 Å². The van der Waals surface area contributed by atoms with Crippen LogP contribution in [0.3, 0.4) is 0 Å². The molecule has 1 N–H and O–H groups in total. The lowest BCUT2D eigenvalue weighted by molar-refractivity contribution is -0.140. The second-order valence-corrected chi connectivity index (χ2v) is 11.9. The summed E-state index contributed by atoms with van der Waals surface area (Å²) in [5, 5.41) is 3.36. The molecule has 0 radical (unpaired) electrons. The Labute approximate surface area is 241 Å². The van der Waals surface area contributed by atoms with E-state index in [1.165, 1.54) is 4.90 Å². The van der Waals surface area contributed by atoms with Crippen LogP contribution in [0.15, 0.2) is 77.7 Å². The number of rotatable bonds is 12. The minimum Gasteiger partial charge on any atom is -0.352 e. The van der Waals surface area contributed by atoms with Gasteiger partial charge in [-0.2, -0.15) is 0 Å². The van der Waals surface area contributed by atoms with Gasteiger partial charge in [-0.05, 0) is 74.7 Å². The Kier molecular flexibility index (Phi) is 10.7. The predicted octanol–water partition coefficient (Wildman–Crippen LogP) is 5.70. The number of carbonyl (C=O) groups is 2. The molecule has 2 amide bonds. The molecule has 3 aromatic rings. The molecule has 0 aromatic heterocycles. The number of carbonyl (C=O) groups excluding carboxylic acids is 2. The Hall–Kier alpha value is -3.43. The monoisotopic (exact) mass is 587 g/mol. The van der Waals surface area contributed by atoms with Crippen LogP contribution in [-0.2, 0) is 26.2 Å². The maximum Gasteiger partial charge on any atom is 0.264 e. The maximum absolute atomic E-state index is 14.0. The van der Waals surface area contributed by atoms with E-state index in [1.54, 1.807) is 55.5 Å². The van der Waals surface area contributed by atoms with Gasteiger partial charge in [0, 0.05) is 17.6 Å². The van der Waals surface area contributed by atoms with Crippen LogP contribution in [0.1, 0.15) is 44.7 Å². The molecule has 10 heteroatoms. The summed E-state index contributed by atoms with van der Waals surface area (Å²) in [6.45, 7) is 6.89. The van der Waals surface area contributed by atoms with Crippen molar-refractivity contribution in [2.45, 2.75) is 64.1 Å². The van der Waals surface area contributed by atoms with E-state index in [0.29, 0.717) is 23.4 Å². The quantitative estimate of drug-likeness (QED) is 0.294. The first-order valence-electron chi connectivity index (χ1n) is 13.2. The highest BCUT2D eigenvalue weighted by atomic mass is 35.5. The SMILES string of the molecule is CCC(C)NC(=O)C(CC)N(Cc1ccccc1Cl)C(=O)CN(c1ccc(C)cc1)S(=O)(=O)c1ccc(F)cc1. The highest BCUT2D eigenvalue weighted by Gasteiger charge is 2.34. The number of aryl methyl sites for hydroxylation is 1.